The van der Waals surface area contributed by atoms with E-state index in [0.29, 0.717) is 24.8 Å². The predicted molar refractivity (Wildman–Crippen MR) is 107 cm³/mol. The number of likely N-dealkylation sites (tertiary alicyclic amines) is 1. The number of nitrogens with zero attached hydrogens (tertiary/aromatic N) is 3. The molecule has 5 nitrogen and oxygen atoms in total. The van der Waals surface area contributed by atoms with Gasteiger partial charge in [-0.05, 0) is 68.6 Å². The van der Waals surface area contributed by atoms with Crippen LogP contribution in [-0.2, 0) is 6.54 Å². The monoisotopic (exact) mass is 377 g/mol. The summed E-state index contributed by atoms with van der Waals surface area (Å²) in [6, 6.07) is 14.2. The number of hydrogen-bond donors (Lipinski definition) is 0. The second kappa shape index (κ2) is 6.46. The normalized spacial score (nSPS) is 33.2. The van der Waals surface area contributed by atoms with Crippen molar-refractivity contribution in [3.8, 4) is 11.5 Å². The Morgan fingerprint density at radius 1 is 1.04 bits per heavy atom. The van der Waals surface area contributed by atoms with Crippen molar-refractivity contribution in [3.63, 3.8) is 0 Å². The van der Waals surface area contributed by atoms with Crippen LogP contribution < -0.4 is 9.47 Å². The van der Waals surface area contributed by atoms with E-state index in [9.17, 15) is 0 Å². The van der Waals surface area contributed by atoms with Crippen molar-refractivity contribution in [1.82, 2.24) is 14.8 Å². The van der Waals surface area contributed by atoms with E-state index < -0.39 is 0 Å². The summed E-state index contributed by atoms with van der Waals surface area (Å²) in [6.07, 6.45) is 2.68. The largest absolute Gasteiger partial charge is 0.454 e. The van der Waals surface area contributed by atoms with Crippen molar-refractivity contribution in [2.45, 2.75) is 44.3 Å². The number of ether oxygens (including phenoxy) is 2. The van der Waals surface area contributed by atoms with Crippen molar-refractivity contribution >= 4 is 0 Å². The summed E-state index contributed by atoms with van der Waals surface area (Å²) < 4.78 is 11.2. The zero-order chi connectivity index (χ0) is 18.7. The Balaban J connectivity index is 1.34. The molecule has 3 atom stereocenters. The molecule has 1 aromatic carbocycles. The number of piperidine rings is 3. The predicted octanol–water partition coefficient (Wildman–Crippen LogP) is 3.18. The first kappa shape index (κ1) is 16.8. The second-order valence-corrected chi connectivity index (χ2v) is 8.77. The fraction of sp³-hybridized carbons (Fsp3) is 0.522. The van der Waals surface area contributed by atoms with Gasteiger partial charge in [0.2, 0.25) is 6.79 Å². The molecular weight excluding hydrogens is 350 g/mol. The van der Waals surface area contributed by atoms with Gasteiger partial charge >= 0.3 is 0 Å². The van der Waals surface area contributed by atoms with Crippen LogP contribution in [0.1, 0.15) is 35.7 Å². The molecule has 4 fully saturated rings. The molecule has 0 aliphatic carbocycles. The van der Waals surface area contributed by atoms with Crippen LogP contribution in [0.5, 0.6) is 11.5 Å². The van der Waals surface area contributed by atoms with Crippen LogP contribution in [0.4, 0.5) is 0 Å². The summed E-state index contributed by atoms with van der Waals surface area (Å²) in [6.45, 7) is 6.98. The van der Waals surface area contributed by atoms with E-state index in [2.05, 4.69) is 53.1 Å². The Labute approximate surface area is 166 Å². The average molecular weight is 377 g/mol. The summed E-state index contributed by atoms with van der Waals surface area (Å²) in [5.74, 6) is 3.12. The van der Waals surface area contributed by atoms with Crippen molar-refractivity contribution in [2.75, 3.05) is 26.4 Å². The molecule has 5 heteroatoms. The number of fused-ring (bicyclic) bond motifs is 3. The van der Waals surface area contributed by atoms with Crippen LogP contribution in [0.15, 0.2) is 36.4 Å². The zero-order valence-electron chi connectivity index (χ0n) is 16.4. The quantitative estimate of drug-likeness (QED) is 0.821. The third-order valence-electron chi connectivity index (χ3n) is 7.23. The molecule has 0 unspecified atom stereocenters. The van der Waals surface area contributed by atoms with Crippen LogP contribution in [-0.4, -0.2) is 53.3 Å². The molecule has 2 aromatic rings. The average Bonchev–Trinajstić information content (AvgIpc) is 3.34. The van der Waals surface area contributed by atoms with Gasteiger partial charge in [-0.1, -0.05) is 12.1 Å². The zero-order valence-corrected chi connectivity index (χ0v) is 16.4. The molecule has 7 rings (SSSR count). The van der Waals surface area contributed by atoms with Gasteiger partial charge in [-0.2, -0.15) is 0 Å². The summed E-state index contributed by atoms with van der Waals surface area (Å²) in [5.41, 5.74) is 3.70. The maximum absolute atomic E-state index is 5.67. The molecule has 0 amide bonds. The van der Waals surface area contributed by atoms with Crippen molar-refractivity contribution < 1.29 is 9.47 Å². The maximum Gasteiger partial charge on any atom is 0.231 e. The molecule has 0 N–H and O–H groups in total. The van der Waals surface area contributed by atoms with E-state index >= 15 is 0 Å². The molecule has 28 heavy (non-hydrogen) atoms. The summed E-state index contributed by atoms with van der Waals surface area (Å²) >= 11 is 0. The molecule has 2 bridgehead atoms. The van der Waals surface area contributed by atoms with Crippen LogP contribution in [0.2, 0.25) is 0 Å². The Morgan fingerprint density at radius 2 is 1.89 bits per heavy atom. The minimum Gasteiger partial charge on any atom is -0.454 e. The van der Waals surface area contributed by atoms with Gasteiger partial charge in [0.1, 0.15) is 0 Å². The highest BCUT2D eigenvalue weighted by molar-refractivity contribution is 5.46. The third kappa shape index (κ3) is 2.64. The van der Waals surface area contributed by atoms with Crippen LogP contribution in [0.3, 0.4) is 0 Å². The summed E-state index contributed by atoms with van der Waals surface area (Å²) in [4.78, 5) is 10.3. The Morgan fingerprint density at radius 3 is 2.75 bits per heavy atom. The second-order valence-electron chi connectivity index (χ2n) is 8.77. The lowest BCUT2D eigenvalue weighted by Crippen LogP contribution is -2.60. The molecule has 6 heterocycles. The topological polar surface area (TPSA) is 37.8 Å². The summed E-state index contributed by atoms with van der Waals surface area (Å²) in [7, 11) is 0. The first-order valence-electron chi connectivity index (χ1n) is 10.6. The number of rotatable bonds is 3. The van der Waals surface area contributed by atoms with Gasteiger partial charge in [0.25, 0.3) is 0 Å². The highest BCUT2D eigenvalue weighted by atomic mass is 16.7. The lowest BCUT2D eigenvalue weighted by Gasteiger charge is -2.51. The van der Waals surface area contributed by atoms with E-state index in [0.717, 1.165) is 36.2 Å². The molecule has 5 aliphatic heterocycles. The van der Waals surface area contributed by atoms with E-state index in [4.69, 9.17) is 14.5 Å². The highest BCUT2D eigenvalue weighted by Gasteiger charge is 2.53. The highest BCUT2D eigenvalue weighted by Crippen LogP contribution is 2.48. The van der Waals surface area contributed by atoms with E-state index in [1.54, 1.807) is 0 Å². The molecule has 0 saturated carbocycles. The standard InChI is InChI=1S/C23H27N3O2/c1-15-3-2-4-18(24-15)12-26-13-19(17-5-6-20-21(11-17)28-14-27-20)23-22(26)16-7-9-25(23)10-8-16/h2-6,11,16,19,22-23H,7-10,12-14H2,1H3/t19-,22+,23+/m0/s1. The van der Waals surface area contributed by atoms with Gasteiger partial charge in [-0.3, -0.25) is 14.8 Å². The number of benzene rings is 1. The number of hydrogen-bond acceptors (Lipinski definition) is 5. The van der Waals surface area contributed by atoms with Crippen LogP contribution >= 0.6 is 0 Å². The smallest absolute Gasteiger partial charge is 0.231 e. The van der Waals surface area contributed by atoms with Crippen LogP contribution in [0, 0.1) is 12.8 Å². The Bertz CT molecular complexity index is 893. The van der Waals surface area contributed by atoms with Crippen LogP contribution in [0.25, 0.3) is 0 Å². The molecule has 0 spiro atoms. The fourth-order valence-corrected chi connectivity index (χ4v) is 6.05. The first-order valence-corrected chi connectivity index (χ1v) is 10.6. The molecule has 4 saturated heterocycles. The van der Waals surface area contributed by atoms with Gasteiger partial charge in [0, 0.05) is 36.8 Å². The molecule has 146 valence electrons. The van der Waals surface area contributed by atoms with Gasteiger partial charge in [0.05, 0.1) is 5.69 Å². The summed E-state index contributed by atoms with van der Waals surface area (Å²) in [5, 5.41) is 0. The lowest BCUT2D eigenvalue weighted by molar-refractivity contribution is -0.00899. The molecule has 0 radical (unpaired) electrons. The van der Waals surface area contributed by atoms with Gasteiger partial charge < -0.3 is 9.47 Å². The van der Waals surface area contributed by atoms with Crippen molar-refractivity contribution in [1.29, 1.82) is 0 Å². The number of aromatic nitrogens is 1. The van der Waals surface area contributed by atoms with E-state index in [1.165, 1.54) is 37.2 Å². The van der Waals surface area contributed by atoms with E-state index in [-0.39, 0.29) is 0 Å². The Hall–Kier alpha value is -2.11. The molecular formula is C23H27N3O2. The Kier molecular flexibility index (Phi) is 3.88. The molecule has 1 aromatic heterocycles. The minimum atomic E-state index is 0.342. The maximum atomic E-state index is 5.67. The number of aryl methyl sites for hydroxylation is 1. The van der Waals surface area contributed by atoms with Gasteiger partial charge in [-0.25, -0.2) is 0 Å². The van der Waals surface area contributed by atoms with Gasteiger partial charge in [-0.15, -0.1) is 0 Å². The van der Waals surface area contributed by atoms with E-state index in [1.807, 2.05) is 0 Å². The number of pyridine rings is 1. The minimum absolute atomic E-state index is 0.342. The third-order valence-corrected chi connectivity index (χ3v) is 7.23. The molecule has 5 aliphatic rings. The SMILES string of the molecule is Cc1cccc(CN2C[C@@H](c3ccc4c(c3)OCO4)[C@@H]3[C@H]2C2CCN3CC2)n1. The van der Waals surface area contributed by atoms with Crippen molar-refractivity contribution in [2.24, 2.45) is 5.92 Å². The lowest BCUT2D eigenvalue weighted by atomic mass is 9.75. The first-order chi connectivity index (χ1) is 13.8. The fourth-order valence-electron chi connectivity index (χ4n) is 6.05. The van der Waals surface area contributed by atoms with Crippen molar-refractivity contribution in [3.05, 3.63) is 53.3 Å². The van der Waals surface area contributed by atoms with Gasteiger partial charge in [0.15, 0.2) is 11.5 Å².